The van der Waals surface area contributed by atoms with E-state index in [-0.39, 0.29) is 22.9 Å². The quantitative estimate of drug-likeness (QED) is 0.790. The summed E-state index contributed by atoms with van der Waals surface area (Å²) in [6.07, 6.45) is 0.891. The van der Waals surface area contributed by atoms with Crippen LogP contribution in [0.1, 0.15) is 32.3 Å². The number of carbonyl (C=O) groups excluding carboxylic acids is 1. The number of rotatable bonds is 4. The fourth-order valence-corrected chi connectivity index (χ4v) is 1.65. The lowest BCUT2D eigenvalue weighted by Crippen LogP contribution is -2.19. The van der Waals surface area contributed by atoms with Crippen LogP contribution in [0.25, 0.3) is 0 Å². The van der Waals surface area contributed by atoms with Gasteiger partial charge in [0.25, 0.3) is 0 Å². The van der Waals surface area contributed by atoms with Crippen molar-refractivity contribution >= 4 is 5.97 Å². The summed E-state index contributed by atoms with van der Waals surface area (Å²) >= 11 is 0. The number of ether oxygens (including phenoxy) is 1. The number of hydrogen-bond donors (Lipinski definition) is 2. The average Bonchev–Trinajstić information content (AvgIpc) is 2.24. The lowest BCUT2D eigenvalue weighted by atomic mass is 9.80. The Morgan fingerprint density at radius 3 is 2.24 bits per heavy atom. The fraction of sp³-hybridized carbons (Fsp3) is 0.462. The molecule has 4 nitrogen and oxygen atoms in total. The lowest BCUT2D eigenvalue weighted by molar-refractivity contribution is -0.141. The molecule has 0 aliphatic rings. The largest absolute Gasteiger partial charge is 0.508 e. The molecule has 0 bridgehead atoms. The van der Waals surface area contributed by atoms with Crippen molar-refractivity contribution in [1.29, 1.82) is 0 Å². The second kappa shape index (κ2) is 5.08. The molecule has 0 atom stereocenters. The van der Waals surface area contributed by atoms with Gasteiger partial charge >= 0.3 is 5.97 Å². The number of benzene rings is 1. The van der Waals surface area contributed by atoms with Gasteiger partial charge in [-0.15, -0.1) is 0 Å². The van der Waals surface area contributed by atoms with Crippen LogP contribution in [0.4, 0.5) is 0 Å². The van der Waals surface area contributed by atoms with E-state index in [0.717, 1.165) is 5.56 Å². The van der Waals surface area contributed by atoms with Crippen LogP contribution >= 0.6 is 0 Å². The molecule has 0 fully saturated rings. The average molecular weight is 238 g/mol. The summed E-state index contributed by atoms with van der Waals surface area (Å²) in [5.74, 6) is -0.222. The van der Waals surface area contributed by atoms with Crippen LogP contribution in [-0.2, 0) is 14.9 Å². The van der Waals surface area contributed by atoms with Crippen molar-refractivity contribution in [3.05, 3.63) is 23.8 Å². The van der Waals surface area contributed by atoms with Crippen molar-refractivity contribution in [3.8, 4) is 11.5 Å². The molecule has 17 heavy (non-hydrogen) atoms. The van der Waals surface area contributed by atoms with Gasteiger partial charge in [0, 0.05) is 12.5 Å². The molecule has 4 heteroatoms. The highest BCUT2D eigenvalue weighted by molar-refractivity contribution is 5.69. The maximum atomic E-state index is 11.1. The Bertz CT molecular complexity index is 390. The number of esters is 1. The van der Waals surface area contributed by atoms with Crippen molar-refractivity contribution in [1.82, 2.24) is 0 Å². The number of phenolic OH excluding ortho intramolecular Hbond substituents is 2. The van der Waals surface area contributed by atoms with Crippen molar-refractivity contribution in [2.45, 2.75) is 32.1 Å². The molecule has 0 spiro atoms. The van der Waals surface area contributed by atoms with E-state index in [1.807, 2.05) is 13.8 Å². The third-order valence-corrected chi connectivity index (χ3v) is 2.87. The fourth-order valence-electron chi connectivity index (χ4n) is 1.65. The first-order valence-electron chi connectivity index (χ1n) is 5.45. The van der Waals surface area contributed by atoms with Gasteiger partial charge in [-0.25, -0.2) is 0 Å². The van der Waals surface area contributed by atoms with Crippen LogP contribution in [0.15, 0.2) is 18.2 Å². The van der Waals surface area contributed by atoms with Gasteiger partial charge in [0.2, 0.25) is 0 Å². The van der Waals surface area contributed by atoms with Crippen molar-refractivity contribution in [2.75, 3.05) is 7.11 Å². The summed E-state index contributed by atoms with van der Waals surface area (Å²) in [5, 5.41) is 18.9. The second-order valence-electron chi connectivity index (χ2n) is 4.70. The Morgan fingerprint density at radius 1 is 1.24 bits per heavy atom. The smallest absolute Gasteiger partial charge is 0.305 e. The Kier molecular flexibility index (Phi) is 3.99. The van der Waals surface area contributed by atoms with Crippen LogP contribution in [0.2, 0.25) is 0 Å². The highest BCUT2D eigenvalue weighted by atomic mass is 16.5. The lowest BCUT2D eigenvalue weighted by Gasteiger charge is -2.25. The topological polar surface area (TPSA) is 66.8 Å². The Labute approximate surface area is 101 Å². The first kappa shape index (κ1) is 13.4. The van der Waals surface area contributed by atoms with Gasteiger partial charge in [0.15, 0.2) is 0 Å². The molecule has 2 N–H and O–H groups in total. The van der Waals surface area contributed by atoms with Gasteiger partial charge in [-0.2, -0.15) is 0 Å². The molecule has 94 valence electrons. The van der Waals surface area contributed by atoms with E-state index in [4.69, 9.17) is 0 Å². The molecule has 1 rings (SSSR count). The second-order valence-corrected chi connectivity index (χ2v) is 4.70. The van der Waals surface area contributed by atoms with Crippen LogP contribution < -0.4 is 0 Å². The highest BCUT2D eigenvalue weighted by Gasteiger charge is 2.23. The highest BCUT2D eigenvalue weighted by Crippen LogP contribution is 2.33. The normalized spacial score (nSPS) is 11.2. The van der Waals surface area contributed by atoms with Gasteiger partial charge in [-0.3, -0.25) is 4.79 Å². The van der Waals surface area contributed by atoms with Crippen LogP contribution in [0.5, 0.6) is 11.5 Å². The van der Waals surface area contributed by atoms with Gasteiger partial charge < -0.3 is 14.9 Å². The number of phenols is 2. The molecule has 1 aromatic rings. The van der Waals surface area contributed by atoms with Crippen molar-refractivity contribution < 1.29 is 19.7 Å². The summed E-state index contributed by atoms with van der Waals surface area (Å²) < 4.78 is 4.59. The number of carbonyl (C=O) groups is 1. The van der Waals surface area contributed by atoms with Crippen molar-refractivity contribution in [3.63, 3.8) is 0 Å². The minimum absolute atomic E-state index is 0.0196. The number of hydrogen-bond acceptors (Lipinski definition) is 4. The van der Waals surface area contributed by atoms with E-state index >= 15 is 0 Å². The SMILES string of the molecule is COC(=O)CCC(C)(C)c1cc(O)cc(O)c1. The Morgan fingerprint density at radius 2 is 1.76 bits per heavy atom. The van der Waals surface area contributed by atoms with Gasteiger partial charge in [-0.05, 0) is 29.5 Å². The predicted molar refractivity (Wildman–Crippen MR) is 64.0 cm³/mol. The standard InChI is InChI=1S/C13H18O4/c1-13(2,5-4-12(16)17-3)9-6-10(14)8-11(15)7-9/h6-8,14-15H,4-5H2,1-3H3. The monoisotopic (exact) mass is 238 g/mol. The van der Waals surface area contributed by atoms with Gasteiger partial charge in [0.05, 0.1) is 7.11 Å². The zero-order valence-corrected chi connectivity index (χ0v) is 10.4. The molecule has 0 aliphatic heterocycles. The summed E-state index contributed by atoms with van der Waals surface area (Å²) in [6.45, 7) is 3.90. The summed E-state index contributed by atoms with van der Waals surface area (Å²) in [6, 6.07) is 4.47. The van der Waals surface area contributed by atoms with E-state index in [2.05, 4.69) is 4.74 Å². The summed E-state index contributed by atoms with van der Waals surface area (Å²) in [5.41, 5.74) is 0.476. The third kappa shape index (κ3) is 3.66. The molecule has 0 unspecified atom stereocenters. The van der Waals surface area contributed by atoms with Crippen LogP contribution in [0, 0.1) is 0 Å². The maximum Gasteiger partial charge on any atom is 0.305 e. The minimum atomic E-state index is -0.315. The zero-order chi connectivity index (χ0) is 13.1. The Balaban J connectivity index is 2.84. The predicted octanol–water partition coefficient (Wildman–Crippen LogP) is 2.33. The molecular formula is C13H18O4. The first-order valence-corrected chi connectivity index (χ1v) is 5.45. The molecule has 1 aromatic carbocycles. The van der Waals surface area contributed by atoms with Crippen molar-refractivity contribution in [2.24, 2.45) is 0 Å². The molecule has 0 heterocycles. The molecule has 0 aromatic heterocycles. The summed E-state index contributed by atoms with van der Waals surface area (Å²) in [7, 11) is 1.36. The Hall–Kier alpha value is -1.71. The number of methoxy groups -OCH3 is 1. The summed E-state index contributed by atoms with van der Waals surface area (Å²) in [4.78, 5) is 11.1. The first-order chi connectivity index (χ1) is 7.85. The minimum Gasteiger partial charge on any atom is -0.508 e. The molecular weight excluding hydrogens is 220 g/mol. The molecule has 0 radical (unpaired) electrons. The number of aromatic hydroxyl groups is 2. The molecule has 0 amide bonds. The zero-order valence-electron chi connectivity index (χ0n) is 10.4. The van der Waals surface area contributed by atoms with Gasteiger partial charge in [-0.1, -0.05) is 13.8 Å². The van der Waals surface area contributed by atoms with Gasteiger partial charge in [0.1, 0.15) is 11.5 Å². The maximum absolute atomic E-state index is 11.1. The molecule has 0 aliphatic carbocycles. The van der Waals surface area contributed by atoms with E-state index in [9.17, 15) is 15.0 Å². The third-order valence-electron chi connectivity index (χ3n) is 2.87. The van der Waals surface area contributed by atoms with E-state index < -0.39 is 0 Å². The molecule has 0 saturated carbocycles. The van der Waals surface area contributed by atoms with E-state index in [1.54, 1.807) is 12.1 Å². The van der Waals surface area contributed by atoms with Crippen LogP contribution in [-0.4, -0.2) is 23.3 Å². The molecule has 0 saturated heterocycles. The van der Waals surface area contributed by atoms with E-state index in [0.29, 0.717) is 12.8 Å². The van der Waals surface area contributed by atoms with Crippen LogP contribution in [0.3, 0.4) is 0 Å². The van der Waals surface area contributed by atoms with E-state index in [1.165, 1.54) is 13.2 Å².